The Morgan fingerprint density at radius 2 is 1.77 bits per heavy atom. The number of benzene rings is 2. The molecule has 3 N–H and O–H groups in total. The van der Waals surface area contributed by atoms with E-state index in [9.17, 15) is 19.8 Å². The number of cyclic esters (lactones) is 1. The van der Waals surface area contributed by atoms with E-state index in [0.717, 1.165) is 53.0 Å². The van der Waals surface area contributed by atoms with Gasteiger partial charge < -0.3 is 20.3 Å². The number of aliphatic hydroxyl groups is 1. The lowest BCUT2D eigenvalue weighted by molar-refractivity contribution is -0.168. The summed E-state index contributed by atoms with van der Waals surface area (Å²) in [7, 11) is 0. The minimum atomic E-state index is -0.748. The third-order valence-electron chi connectivity index (χ3n) is 7.99. The molecule has 0 spiro atoms. The highest BCUT2D eigenvalue weighted by molar-refractivity contribution is 8.04. The van der Waals surface area contributed by atoms with Crippen molar-refractivity contribution in [3.8, 4) is 5.75 Å². The number of rotatable bonds is 7. The third kappa shape index (κ3) is 6.81. The summed E-state index contributed by atoms with van der Waals surface area (Å²) < 4.78 is 6.36. The van der Waals surface area contributed by atoms with E-state index in [0.29, 0.717) is 19.3 Å². The van der Waals surface area contributed by atoms with Crippen molar-refractivity contribution in [2.45, 2.75) is 102 Å². The molecule has 39 heavy (non-hydrogen) atoms. The first-order chi connectivity index (χ1) is 18.4. The number of esters is 1. The van der Waals surface area contributed by atoms with Gasteiger partial charge in [-0.25, -0.2) is 4.79 Å². The summed E-state index contributed by atoms with van der Waals surface area (Å²) in [5.74, 6) is -0.0900. The van der Waals surface area contributed by atoms with Gasteiger partial charge in [-0.15, -0.1) is 0 Å². The molecule has 1 fully saturated rings. The van der Waals surface area contributed by atoms with Crippen LogP contribution in [0.15, 0.2) is 52.0 Å². The van der Waals surface area contributed by atoms with Crippen LogP contribution in [-0.4, -0.2) is 27.7 Å². The van der Waals surface area contributed by atoms with Crippen molar-refractivity contribution >= 4 is 29.3 Å². The molecule has 1 saturated carbocycles. The number of hydrogen-bond donors (Lipinski definition) is 3. The van der Waals surface area contributed by atoms with Gasteiger partial charge in [0.15, 0.2) is 0 Å². The maximum absolute atomic E-state index is 13.6. The number of ether oxygens (including phenoxy) is 1. The molecule has 6 nitrogen and oxygen atoms in total. The molecule has 1 aliphatic heterocycles. The average Bonchev–Trinajstić information content (AvgIpc) is 2.87. The number of carbonyl (C=O) groups excluding carboxylic acids is 2. The SMILES string of the molecule is CC(=O)Nc1cc(C(C)(C)C)c(SC2=C(O)CC(CCc3ccc(O)cc3)(C3CCCCC3)OC2=O)cc1C. The lowest BCUT2D eigenvalue weighted by atomic mass is 9.71. The number of phenolic OH excluding ortho intramolecular Hbond substituents is 1. The number of phenols is 1. The molecule has 2 aromatic rings. The van der Waals surface area contributed by atoms with E-state index in [1.54, 1.807) is 12.1 Å². The van der Waals surface area contributed by atoms with E-state index in [4.69, 9.17) is 4.74 Å². The van der Waals surface area contributed by atoms with Gasteiger partial charge in [0.25, 0.3) is 0 Å². The van der Waals surface area contributed by atoms with Crippen molar-refractivity contribution in [3.63, 3.8) is 0 Å². The van der Waals surface area contributed by atoms with Gasteiger partial charge in [0.05, 0.1) is 0 Å². The van der Waals surface area contributed by atoms with E-state index in [-0.39, 0.29) is 33.7 Å². The van der Waals surface area contributed by atoms with Gasteiger partial charge in [-0.3, -0.25) is 4.79 Å². The molecule has 7 heteroatoms. The minimum Gasteiger partial charge on any atom is -0.511 e. The highest BCUT2D eigenvalue weighted by atomic mass is 32.2. The monoisotopic (exact) mass is 551 g/mol. The fourth-order valence-electron chi connectivity index (χ4n) is 5.85. The fourth-order valence-corrected chi connectivity index (χ4v) is 7.10. The number of nitrogens with one attached hydrogen (secondary N) is 1. The first-order valence-corrected chi connectivity index (χ1v) is 14.7. The Kier molecular flexibility index (Phi) is 8.69. The van der Waals surface area contributed by atoms with Gasteiger partial charge in [0.1, 0.15) is 22.0 Å². The second-order valence-corrected chi connectivity index (χ2v) is 13.2. The Bertz CT molecular complexity index is 1250. The lowest BCUT2D eigenvalue weighted by Gasteiger charge is -2.44. The number of thioether (sulfide) groups is 1. The molecule has 1 amide bonds. The van der Waals surface area contributed by atoms with Gasteiger partial charge in [-0.05, 0) is 84.9 Å². The number of aryl methyl sites for hydroxylation is 2. The molecule has 2 aromatic carbocycles. The first kappa shape index (κ1) is 29.1. The summed E-state index contributed by atoms with van der Waals surface area (Å²) in [6.07, 6.45) is 6.97. The van der Waals surface area contributed by atoms with Gasteiger partial charge in [-0.2, -0.15) is 0 Å². The molecule has 1 heterocycles. The van der Waals surface area contributed by atoms with Gasteiger partial charge in [-0.1, -0.05) is 63.9 Å². The molecule has 1 aliphatic carbocycles. The number of anilines is 1. The second-order valence-electron chi connectivity index (χ2n) is 12.1. The summed E-state index contributed by atoms with van der Waals surface area (Å²) in [5.41, 5.74) is 2.66. The Labute approximate surface area is 236 Å². The van der Waals surface area contributed by atoms with Crippen LogP contribution in [-0.2, 0) is 26.2 Å². The highest BCUT2D eigenvalue weighted by Crippen LogP contribution is 2.48. The quantitative estimate of drug-likeness (QED) is 0.305. The van der Waals surface area contributed by atoms with Crippen molar-refractivity contribution in [2.24, 2.45) is 5.92 Å². The number of aromatic hydroxyl groups is 1. The number of aliphatic hydroxyl groups excluding tert-OH is 1. The number of amides is 1. The summed E-state index contributed by atoms with van der Waals surface area (Å²) in [6.45, 7) is 9.67. The van der Waals surface area contributed by atoms with Crippen molar-refractivity contribution in [1.82, 2.24) is 0 Å². The topological polar surface area (TPSA) is 95.9 Å². The van der Waals surface area contributed by atoms with Gasteiger partial charge >= 0.3 is 5.97 Å². The fraction of sp³-hybridized carbons (Fsp3) is 0.500. The van der Waals surface area contributed by atoms with Crippen molar-refractivity contribution in [3.05, 3.63) is 63.8 Å². The molecule has 1 unspecified atom stereocenters. The van der Waals surface area contributed by atoms with Crippen LogP contribution >= 0.6 is 11.8 Å². The predicted octanol–water partition coefficient (Wildman–Crippen LogP) is 7.72. The van der Waals surface area contributed by atoms with E-state index in [2.05, 4.69) is 26.1 Å². The van der Waals surface area contributed by atoms with Gasteiger partial charge in [0.2, 0.25) is 5.91 Å². The zero-order chi connectivity index (χ0) is 28.4. The van der Waals surface area contributed by atoms with Crippen LogP contribution in [0.4, 0.5) is 5.69 Å². The van der Waals surface area contributed by atoms with Crippen LogP contribution in [0, 0.1) is 12.8 Å². The predicted molar refractivity (Wildman–Crippen MR) is 156 cm³/mol. The normalized spacial score (nSPS) is 20.6. The molecule has 1 atom stereocenters. The Balaban J connectivity index is 1.66. The smallest absolute Gasteiger partial charge is 0.349 e. The average molecular weight is 552 g/mol. The lowest BCUT2D eigenvalue weighted by Crippen LogP contribution is -2.47. The minimum absolute atomic E-state index is 0.0935. The number of carbonyl (C=O) groups is 2. The van der Waals surface area contributed by atoms with Crippen LogP contribution in [0.2, 0.25) is 0 Å². The van der Waals surface area contributed by atoms with Crippen molar-refractivity contribution < 1.29 is 24.5 Å². The standard InChI is InChI=1S/C32H41NO5S/c1-20-17-28(25(31(3,4)5)18-26(20)33-21(2)34)39-29-27(36)19-32(38-30(29)37,23-9-7-6-8-10-23)16-15-22-11-13-24(35)14-12-22/h11-14,17-18,23,35-36H,6-10,15-16,19H2,1-5H3,(H,33,34). The van der Waals surface area contributed by atoms with Crippen LogP contribution in [0.1, 0.15) is 89.3 Å². The molecule has 2 aliphatic rings. The van der Waals surface area contributed by atoms with Crippen LogP contribution in [0.25, 0.3) is 0 Å². The molecule has 0 saturated heterocycles. The molecular formula is C32H41NO5S. The molecule has 0 radical (unpaired) electrons. The van der Waals surface area contributed by atoms with Crippen molar-refractivity contribution in [2.75, 3.05) is 5.32 Å². The highest BCUT2D eigenvalue weighted by Gasteiger charge is 2.47. The Morgan fingerprint density at radius 1 is 1.10 bits per heavy atom. The molecular weight excluding hydrogens is 510 g/mol. The Hall–Kier alpha value is -2.93. The van der Waals surface area contributed by atoms with Gasteiger partial charge in [0, 0.05) is 23.9 Å². The van der Waals surface area contributed by atoms with E-state index >= 15 is 0 Å². The largest absolute Gasteiger partial charge is 0.511 e. The van der Waals surface area contributed by atoms with Crippen molar-refractivity contribution in [1.29, 1.82) is 0 Å². The van der Waals surface area contributed by atoms with E-state index in [1.807, 2.05) is 31.2 Å². The van der Waals surface area contributed by atoms with Crippen LogP contribution < -0.4 is 5.32 Å². The maximum Gasteiger partial charge on any atom is 0.349 e. The van der Waals surface area contributed by atoms with E-state index < -0.39 is 11.6 Å². The summed E-state index contributed by atoms with van der Waals surface area (Å²) in [6, 6.07) is 11.1. The number of hydrogen-bond acceptors (Lipinski definition) is 6. The second kappa shape index (κ2) is 11.7. The summed E-state index contributed by atoms with van der Waals surface area (Å²) in [4.78, 5) is 26.5. The molecule has 210 valence electrons. The third-order valence-corrected chi connectivity index (χ3v) is 9.15. The van der Waals surface area contributed by atoms with E-state index in [1.165, 1.54) is 25.1 Å². The summed E-state index contributed by atoms with van der Waals surface area (Å²) >= 11 is 1.25. The maximum atomic E-state index is 13.6. The zero-order valence-corrected chi connectivity index (χ0v) is 24.5. The molecule has 4 rings (SSSR count). The molecule has 0 aromatic heterocycles. The van der Waals surface area contributed by atoms with Crippen LogP contribution in [0.3, 0.4) is 0 Å². The first-order valence-electron chi connectivity index (χ1n) is 13.9. The Morgan fingerprint density at radius 3 is 2.36 bits per heavy atom. The zero-order valence-electron chi connectivity index (χ0n) is 23.7. The molecule has 0 bridgehead atoms. The summed E-state index contributed by atoms with van der Waals surface area (Å²) in [5, 5.41) is 24.0. The van der Waals surface area contributed by atoms with Crippen LogP contribution in [0.5, 0.6) is 5.75 Å².